The fraction of sp³-hybridized carbons (Fsp3) is 0.176. The molecule has 0 saturated carbocycles. The van der Waals surface area contributed by atoms with Gasteiger partial charge in [-0.15, -0.1) is 4.40 Å². The molecule has 6 nitrogen and oxygen atoms in total. The molecule has 0 aromatic heterocycles. The Labute approximate surface area is 160 Å². The molecule has 2 aromatic carbocycles. The molecule has 0 unspecified atom stereocenters. The summed E-state index contributed by atoms with van der Waals surface area (Å²) in [6.07, 6.45) is 0.828. The highest BCUT2D eigenvalue weighted by atomic mass is 35.5. The van der Waals surface area contributed by atoms with Gasteiger partial charge in [-0.3, -0.25) is 4.79 Å². The third kappa shape index (κ3) is 3.20. The minimum absolute atomic E-state index is 0.0362. The number of thioether (sulfide) groups is 1. The number of anilines is 2. The van der Waals surface area contributed by atoms with Gasteiger partial charge in [0.1, 0.15) is 4.90 Å². The summed E-state index contributed by atoms with van der Waals surface area (Å²) < 4.78 is 28.4. The summed E-state index contributed by atoms with van der Waals surface area (Å²) in [5.41, 5.74) is 2.47. The van der Waals surface area contributed by atoms with E-state index < -0.39 is 10.0 Å². The number of rotatable bonds is 2. The highest BCUT2D eigenvalue weighted by molar-refractivity contribution is 8.15. The molecule has 2 heterocycles. The summed E-state index contributed by atoms with van der Waals surface area (Å²) in [5, 5.41) is 3.45. The van der Waals surface area contributed by atoms with Gasteiger partial charge in [-0.05, 0) is 36.2 Å². The molecular formula is C17H14ClN3O3S2. The predicted molar refractivity (Wildman–Crippen MR) is 105 cm³/mol. The van der Waals surface area contributed by atoms with E-state index in [1.165, 1.54) is 6.07 Å². The van der Waals surface area contributed by atoms with Crippen LogP contribution in [0.4, 0.5) is 11.4 Å². The lowest BCUT2D eigenvalue weighted by molar-refractivity contribution is -0.116. The fourth-order valence-corrected chi connectivity index (χ4v) is 5.35. The van der Waals surface area contributed by atoms with Gasteiger partial charge in [0.15, 0.2) is 5.17 Å². The van der Waals surface area contributed by atoms with Crippen molar-refractivity contribution in [2.45, 2.75) is 11.3 Å². The van der Waals surface area contributed by atoms with Crippen molar-refractivity contribution in [2.75, 3.05) is 22.5 Å². The Balaban J connectivity index is 1.49. The standard InChI is InChI=1S/C17H14ClN3O3S2/c18-12-5-6-13-15(9-12)26(23,24)20-17(19-13)25-10-16(22)21-8-7-11-3-1-2-4-14(11)21/h1-6,9H,7-8,10H2,(H,19,20). The molecule has 0 radical (unpaired) electrons. The van der Waals surface area contributed by atoms with Crippen LogP contribution in [0.5, 0.6) is 0 Å². The number of carbonyl (C=O) groups is 1. The van der Waals surface area contributed by atoms with Crippen molar-refractivity contribution in [1.29, 1.82) is 0 Å². The number of hydrogen-bond donors (Lipinski definition) is 1. The maximum atomic E-state index is 12.6. The van der Waals surface area contributed by atoms with Gasteiger partial charge in [0.25, 0.3) is 10.0 Å². The van der Waals surface area contributed by atoms with Crippen molar-refractivity contribution < 1.29 is 13.2 Å². The van der Waals surface area contributed by atoms with Crippen LogP contribution >= 0.6 is 23.4 Å². The van der Waals surface area contributed by atoms with Crippen LogP contribution in [0.15, 0.2) is 51.8 Å². The number of hydrogen-bond acceptors (Lipinski definition) is 5. The minimum Gasteiger partial charge on any atom is -0.333 e. The number of sulfonamides is 1. The van der Waals surface area contributed by atoms with Gasteiger partial charge in [-0.2, -0.15) is 8.42 Å². The second-order valence-electron chi connectivity index (χ2n) is 5.85. The highest BCUT2D eigenvalue weighted by Crippen LogP contribution is 2.32. The van der Waals surface area contributed by atoms with Crippen LogP contribution in [0.2, 0.25) is 5.02 Å². The number of nitrogens with one attached hydrogen (secondary N) is 1. The number of para-hydroxylation sites is 1. The van der Waals surface area contributed by atoms with Crippen molar-refractivity contribution in [3.05, 3.63) is 53.1 Å². The van der Waals surface area contributed by atoms with E-state index in [4.69, 9.17) is 11.6 Å². The Bertz CT molecular complexity index is 1040. The Kier molecular flexibility index (Phi) is 4.42. The van der Waals surface area contributed by atoms with Crippen molar-refractivity contribution in [1.82, 2.24) is 0 Å². The molecule has 26 heavy (non-hydrogen) atoms. The quantitative estimate of drug-likeness (QED) is 0.827. The molecule has 0 saturated heterocycles. The van der Waals surface area contributed by atoms with Gasteiger partial charge in [-0.25, -0.2) is 0 Å². The van der Waals surface area contributed by atoms with Crippen molar-refractivity contribution in [3.8, 4) is 0 Å². The number of amides is 1. The maximum Gasteiger partial charge on any atom is 0.286 e. The van der Waals surface area contributed by atoms with Crippen molar-refractivity contribution in [3.63, 3.8) is 0 Å². The zero-order chi connectivity index (χ0) is 18.3. The molecule has 0 bridgehead atoms. The molecule has 1 amide bonds. The maximum absolute atomic E-state index is 12.6. The largest absolute Gasteiger partial charge is 0.333 e. The SMILES string of the molecule is O=C(CSC1=NS(=O)(=O)c2cc(Cl)ccc2N1)N1CCc2ccccc21. The molecule has 0 fully saturated rings. The average Bonchev–Trinajstić information content (AvgIpc) is 3.04. The Morgan fingerprint density at radius 2 is 2.08 bits per heavy atom. The second kappa shape index (κ2) is 6.61. The molecular weight excluding hydrogens is 394 g/mol. The Hall–Kier alpha value is -2.03. The Morgan fingerprint density at radius 1 is 1.27 bits per heavy atom. The first-order chi connectivity index (χ1) is 12.4. The summed E-state index contributed by atoms with van der Waals surface area (Å²) in [4.78, 5) is 14.3. The van der Waals surface area contributed by atoms with E-state index in [0.29, 0.717) is 17.3 Å². The predicted octanol–water partition coefficient (Wildman–Crippen LogP) is 3.13. The lowest BCUT2D eigenvalue weighted by Gasteiger charge is -2.20. The molecule has 4 rings (SSSR count). The van der Waals surface area contributed by atoms with Crippen LogP contribution < -0.4 is 10.2 Å². The number of amidine groups is 1. The summed E-state index contributed by atoms with van der Waals surface area (Å²) in [5.74, 6) is 0.0160. The highest BCUT2D eigenvalue weighted by Gasteiger charge is 2.28. The number of carbonyl (C=O) groups excluding carboxylic acids is 1. The van der Waals surface area contributed by atoms with Crippen LogP contribution in [0.1, 0.15) is 5.56 Å². The zero-order valence-electron chi connectivity index (χ0n) is 13.5. The zero-order valence-corrected chi connectivity index (χ0v) is 15.9. The summed E-state index contributed by atoms with van der Waals surface area (Å²) in [6.45, 7) is 0.637. The molecule has 0 aliphatic carbocycles. The molecule has 0 atom stereocenters. The van der Waals surface area contributed by atoms with E-state index in [0.717, 1.165) is 29.4 Å². The van der Waals surface area contributed by atoms with Crippen LogP contribution in [0, 0.1) is 0 Å². The monoisotopic (exact) mass is 407 g/mol. The lowest BCUT2D eigenvalue weighted by atomic mass is 10.2. The first-order valence-electron chi connectivity index (χ1n) is 7.87. The van der Waals surface area contributed by atoms with E-state index in [-0.39, 0.29) is 21.7 Å². The number of fused-ring (bicyclic) bond motifs is 2. The van der Waals surface area contributed by atoms with E-state index in [1.54, 1.807) is 17.0 Å². The average molecular weight is 408 g/mol. The van der Waals surface area contributed by atoms with Gasteiger partial charge in [0.2, 0.25) is 5.91 Å². The lowest BCUT2D eigenvalue weighted by Crippen LogP contribution is -2.31. The third-order valence-corrected chi connectivity index (χ3v) is 6.71. The van der Waals surface area contributed by atoms with Crippen LogP contribution in [0.3, 0.4) is 0 Å². The molecule has 9 heteroatoms. The Morgan fingerprint density at radius 3 is 2.92 bits per heavy atom. The normalized spacial score (nSPS) is 17.1. The topological polar surface area (TPSA) is 78.8 Å². The fourth-order valence-electron chi connectivity index (χ4n) is 2.98. The van der Waals surface area contributed by atoms with Crippen molar-refractivity contribution >= 4 is 55.8 Å². The van der Waals surface area contributed by atoms with Gasteiger partial charge in [0.05, 0.1) is 11.4 Å². The van der Waals surface area contributed by atoms with Gasteiger partial charge >= 0.3 is 0 Å². The smallest absolute Gasteiger partial charge is 0.286 e. The third-order valence-electron chi connectivity index (χ3n) is 4.19. The first kappa shape index (κ1) is 17.4. The van der Waals surface area contributed by atoms with Crippen LogP contribution in [-0.2, 0) is 21.2 Å². The van der Waals surface area contributed by atoms with Crippen molar-refractivity contribution in [2.24, 2.45) is 4.40 Å². The first-order valence-corrected chi connectivity index (χ1v) is 10.7. The summed E-state index contributed by atoms with van der Waals surface area (Å²) in [7, 11) is -3.83. The second-order valence-corrected chi connectivity index (χ2v) is 8.82. The molecule has 2 aromatic rings. The van der Waals surface area contributed by atoms with Crippen LogP contribution in [-0.4, -0.2) is 31.8 Å². The van der Waals surface area contributed by atoms with Gasteiger partial charge < -0.3 is 10.2 Å². The van der Waals surface area contributed by atoms with E-state index in [9.17, 15) is 13.2 Å². The molecule has 134 valence electrons. The molecule has 2 aliphatic heterocycles. The van der Waals surface area contributed by atoms with Gasteiger partial charge in [0, 0.05) is 17.3 Å². The number of nitrogens with zero attached hydrogens (tertiary/aromatic N) is 2. The van der Waals surface area contributed by atoms with E-state index >= 15 is 0 Å². The summed E-state index contributed by atoms with van der Waals surface area (Å²) in [6, 6.07) is 12.3. The number of halogens is 1. The summed E-state index contributed by atoms with van der Waals surface area (Å²) >= 11 is 6.93. The van der Waals surface area contributed by atoms with Crippen LogP contribution in [0.25, 0.3) is 0 Å². The molecule has 1 N–H and O–H groups in total. The molecule has 0 spiro atoms. The van der Waals surface area contributed by atoms with E-state index in [2.05, 4.69) is 9.71 Å². The molecule has 2 aliphatic rings. The number of benzene rings is 2. The minimum atomic E-state index is -3.83. The van der Waals surface area contributed by atoms with Gasteiger partial charge in [-0.1, -0.05) is 41.6 Å². The van der Waals surface area contributed by atoms with E-state index in [1.807, 2.05) is 24.3 Å².